The van der Waals surface area contributed by atoms with E-state index in [1.54, 1.807) is 6.92 Å². The molecule has 0 unspecified atom stereocenters. The lowest BCUT2D eigenvalue weighted by Crippen LogP contribution is -2.41. The van der Waals surface area contributed by atoms with Crippen LogP contribution in [0.2, 0.25) is 0 Å². The number of ether oxygens (including phenoxy) is 1. The van der Waals surface area contributed by atoms with E-state index in [0.717, 1.165) is 31.7 Å². The van der Waals surface area contributed by atoms with Gasteiger partial charge in [0.05, 0.1) is 0 Å². The molecule has 1 N–H and O–H groups in total. The van der Waals surface area contributed by atoms with Gasteiger partial charge in [0.15, 0.2) is 5.69 Å². The van der Waals surface area contributed by atoms with E-state index in [9.17, 15) is 18.0 Å². The predicted octanol–water partition coefficient (Wildman–Crippen LogP) is 4.29. The number of aryl methyl sites for hydroxylation is 1. The molecule has 0 aliphatic heterocycles. The highest BCUT2D eigenvalue weighted by Crippen LogP contribution is 2.30. The molecule has 1 aromatic rings. The Kier molecular flexibility index (Phi) is 5.68. The number of alkyl carbamates (subject to hydrolysis) is 1. The van der Waals surface area contributed by atoms with Crippen molar-refractivity contribution in [3.8, 4) is 0 Å². The predicted molar refractivity (Wildman–Crippen MR) is 87.1 cm³/mol. The Morgan fingerprint density at radius 1 is 1.28 bits per heavy atom. The summed E-state index contributed by atoms with van der Waals surface area (Å²) in [5, 5.41) is 6.55. The first-order valence-electron chi connectivity index (χ1n) is 8.55. The second-order valence-electron chi connectivity index (χ2n) is 7.71. The van der Waals surface area contributed by atoms with Crippen molar-refractivity contribution in [3.63, 3.8) is 0 Å². The summed E-state index contributed by atoms with van der Waals surface area (Å²) >= 11 is 0. The first kappa shape index (κ1) is 19.6. The van der Waals surface area contributed by atoms with E-state index in [4.69, 9.17) is 4.74 Å². The van der Waals surface area contributed by atoms with E-state index >= 15 is 0 Å². The van der Waals surface area contributed by atoms with Crippen LogP contribution >= 0.6 is 0 Å². The van der Waals surface area contributed by atoms with E-state index < -0.39 is 23.6 Å². The topological polar surface area (TPSA) is 56.2 Å². The highest BCUT2D eigenvalue weighted by Gasteiger charge is 2.34. The third kappa shape index (κ3) is 5.93. The van der Waals surface area contributed by atoms with Crippen LogP contribution in [0.1, 0.15) is 57.8 Å². The van der Waals surface area contributed by atoms with Crippen LogP contribution in [0.5, 0.6) is 0 Å². The fourth-order valence-electron chi connectivity index (χ4n) is 3.04. The number of halogens is 3. The highest BCUT2D eigenvalue weighted by atomic mass is 19.4. The first-order chi connectivity index (χ1) is 11.4. The number of amides is 1. The average Bonchev–Trinajstić information content (AvgIpc) is 2.80. The second-order valence-corrected chi connectivity index (χ2v) is 7.71. The van der Waals surface area contributed by atoms with Gasteiger partial charge in [-0.25, -0.2) is 4.79 Å². The molecule has 1 aliphatic rings. The molecule has 1 heterocycles. The van der Waals surface area contributed by atoms with Gasteiger partial charge in [0.2, 0.25) is 0 Å². The molecule has 5 nitrogen and oxygen atoms in total. The molecule has 1 saturated carbocycles. The number of hydrogen-bond donors (Lipinski definition) is 1. The van der Waals surface area contributed by atoms with Gasteiger partial charge < -0.3 is 10.1 Å². The van der Waals surface area contributed by atoms with E-state index in [0.29, 0.717) is 12.2 Å². The lowest BCUT2D eigenvalue weighted by Gasteiger charge is -2.30. The van der Waals surface area contributed by atoms with Crippen LogP contribution in [0.4, 0.5) is 18.0 Å². The van der Waals surface area contributed by atoms with Crippen molar-refractivity contribution in [2.75, 3.05) is 0 Å². The van der Waals surface area contributed by atoms with Gasteiger partial charge in [-0.15, -0.1) is 0 Å². The molecule has 1 aromatic heterocycles. The van der Waals surface area contributed by atoms with Crippen molar-refractivity contribution in [1.82, 2.24) is 15.1 Å². The van der Waals surface area contributed by atoms with E-state index in [1.807, 2.05) is 20.8 Å². The minimum atomic E-state index is -4.41. The van der Waals surface area contributed by atoms with Gasteiger partial charge in [0.1, 0.15) is 5.60 Å². The van der Waals surface area contributed by atoms with Crippen LogP contribution in [0.3, 0.4) is 0 Å². The molecule has 1 amide bonds. The summed E-state index contributed by atoms with van der Waals surface area (Å²) in [6.07, 6.45) is -1.59. The minimum absolute atomic E-state index is 0.0514. The minimum Gasteiger partial charge on any atom is -0.444 e. The quantitative estimate of drug-likeness (QED) is 0.874. The van der Waals surface area contributed by atoms with Gasteiger partial charge >= 0.3 is 12.3 Å². The lowest BCUT2D eigenvalue weighted by atomic mass is 9.86. The number of nitrogens with zero attached hydrogens (tertiary/aromatic N) is 2. The monoisotopic (exact) mass is 361 g/mol. The molecule has 0 radical (unpaired) electrons. The van der Waals surface area contributed by atoms with E-state index in [-0.39, 0.29) is 12.0 Å². The molecule has 0 aromatic carbocycles. The zero-order valence-electron chi connectivity index (χ0n) is 15.1. The molecular weight excluding hydrogens is 335 g/mol. The van der Waals surface area contributed by atoms with Gasteiger partial charge in [-0.2, -0.15) is 18.3 Å². The number of alkyl halides is 3. The highest BCUT2D eigenvalue weighted by molar-refractivity contribution is 5.68. The molecule has 0 spiro atoms. The third-order valence-electron chi connectivity index (χ3n) is 4.27. The molecule has 0 saturated heterocycles. The fourth-order valence-corrected chi connectivity index (χ4v) is 3.04. The molecule has 8 heteroatoms. The largest absolute Gasteiger partial charge is 0.444 e. The van der Waals surface area contributed by atoms with Gasteiger partial charge in [-0.05, 0) is 65.4 Å². The maximum atomic E-state index is 12.7. The Hall–Kier alpha value is -1.73. The summed E-state index contributed by atoms with van der Waals surface area (Å²) in [4.78, 5) is 11.8. The summed E-state index contributed by atoms with van der Waals surface area (Å²) in [7, 11) is 0. The Labute approximate surface area is 145 Å². The number of rotatable bonds is 3. The summed E-state index contributed by atoms with van der Waals surface area (Å²) in [5.74, 6) is 0.261. The van der Waals surface area contributed by atoms with Crippen molar-refractivity contribution >= 4 is 6.09 Å². The Morgan fingerprint density at radius 2 is 1.88 bits per heavy atom. The Balaban J connectivity index is 1.83. The van der Waals surface area contributed by atoms with Gasteiger partial charge in [0, 0.05) is 18.3 Å². The maximum Gasteiger partial charge on any atom is 0.435 e. The number of carbonyl (C=O) groups excluding carboxylic acids is 1. The molecular formula is C17H26F3N3O2. The zero-order valence-corrected chi connectivity index (χ0v) is 15.1. The molecule has 0 bridgehead atoms. The molecule has 1 fully saturated rings. The van der Waals surface area contributed by atoms with Gasteiger partial charge in [-0.3, -0.25) is 4.68 Å². The van der Waals surface area contributed by atoms with Crippen molar-refractivity contribution in [1.29, 1.82) is 0 Å². The molecule has 1 aliphatic carbocycles. The van der Waals surface area contributed by atoms with Crippen LogP contribution in [0, 0.1) is 12.8 Å². The van der Waals surface area contributed by atoms with Gasteiger partial charge in [-0.1, -0.05) is 0 Å². The molecule has 0 atom stereocenters. The fraction of sp³-hybridized carbons (Fsp3) is 0.765. The van der Waals surface area contributed by atoms with Crippen LogP contribution in [0.15, 0.2) is 6.07 Å². The number of carbonyl (C=O) groups is 1. The Bertz CT molecular complexity index is 597. The zero-order chi connectivity index (χ0) is 18.8. The molecule has 142 valence electrons. The van der Waals surface area contributed by atoms with Crippen LogP contribution in [-0.2, 0) is 17.5 Å². The van der Waals surface area contributed by atoms with E-state index in [1.165, 1.54) is 4.68 Å². The third-order valence-corrected chi connectivity index (χ3v) is 4.27. The summed E-state index contributed by atoms with van der Waals surface area (Å²) in [5.41, 5.74) is -0.860. The van der Waals surface area contributed by atoms with Crippen LogP contribution < -0.4 is 5.32 Å². The Morgan fingerprint density at radius 3 is 2.36 bits per heavy atom. The summed E-state index contributed by atoms with van der Waals surface area (Å²) in [6, 6.07) is 1.13. The average molecular weight is 361 g/mol. The number of nitrogens with one attached hydrogen (secondary N) is 1. The first-order valence-corrected chi connectivity index (χ1v) is 8.55. The van der Waals surface area contributed by atoms with Crippen molar-refractivity contribution in [2.45, 2.75) is 77.7 Å². The van der Waals surface area contributed by atoms with Crippen LogP contribution in [-0.4, -0.2) is 27.5 Å². The molecule has 25 heavy (non-hydrogen) atoms. The standard InChI is InChI=1S/C17H26F3N3O2/c1-11-9-14(17(18,19)20)22-23(11)10-12-5-7-13(8-6-12)21-15(24)25-16(2,3)4/h9,12-13H,5-8,10H2,1-4H3,(H,21,24). The summed E-state index contributed by atoms with van der Waals surface area (Å²) < 4.78 is 44.8. The van der Waals surface area contributed by atoms with Gasteiger partial charge in [0.25, 0.3) is 0 Å². The van der Waals surface area contributed by atoms with Crippen molar-refractivity contribution in [2.24, 2.45) is 5.92 Å². The maximum absolute atomic E-state index is 12.7. The SMILES string of the molecule is Cc1cc(C(F)(F)F)nn1CC1CCC(NC(=O)OC(C)(C)C)CC1. The number of hydrogen-bond acceptors (Lipinski definition) is 3. The van der Waals surface area contributed by atoms with Crippen molar-refractivity contribution < 1.29 is 22.7 Å². The second kappa shape index (κ2) is 7.25. The molecule has 2 rings (SSSR count). The number of aromatic nitrogens is 2. The lowest BCUT2D eigenvalue weighted by molar-refractivity contribution is -0.141. The van der Waals surface area contributed by atoms with Crippen molar-refractivity contribution in [3.05, 3.63) is 17.5 Å². The van der Waals surface area contributed by atoms with Crippen LogP contribution in [0.25, 0.3) is 0 Å². The summed E-state index contributed by atoms with van der Waals surface area (Å²) in [6.45, 7) is 7.54. The normalized spacial score (nSPS) is 21.9. The smallest absolute Gasteiger partial charge is 0.435 e. The van der Waals surface area contributed by atoms with E-state index in [2.05, 4.69) is 10.4 Å².